The first-order valence-electron chi connectivity index (χ1n) is 5.67. The Labute approximate surface area is 104 Å². The second-order valence-corrected chi connectivity index (χ2v) is 4.26. The Balaban J connectivity index is 1.80. The molecule has 1 aliphatic heterocycles. The molecule has 0 radical (unpaired) electrons. The van der Waals surface area contributed by atoms with Gasteiger partial charge in [-0.25, -0.2) is 0 Å². The topological polar surface area (TPSA) is 95.8 Å². The summed E-state index contributed by atoms with van der Waals surface area (Å²) in [5.41, 5.74) is 10.2. The molecule has 2 aromatic rings. The van der Waals surface area contributed by atoms with Crippen LogP contribution in [-0.4, -0.2) is 16.1 Å². The van der Waals surface area contributed by atoms with Crippen molar-refractivity contribution in [1.82, 2.24) is 10.2 Å². The molecule has 1 aromatic carbocycles. The fourth-order valence-electron chi connectivity index (χ4n) is 2.02. The minimum absolute atomic E-state index is 0.00937. The minimum atomic E-state index is 0.00937. The number of anilines is 3. The molecule has 0 saturated heterocycles. The summed E-state index contributed by atoms with van der Waals surface area (Å²) in [6, 6.07) is 5.59. The van der Waals surface area contributed by atoms with Crippen LogP contribution < -0.4 is 16.4 Å². The van der Waals surface area contributed by atoms with Crippen molar-refractivity contribution in [2.45, 2.75) is 13.0 Å². The highest BCUT2D eigenvalue weighted by atomic mass is 16.1. The van der Waals surface area contributed by atoms with Gasteiger partial charge in [0.1, 0.15) is 0 Å². The van der Waals surface area contributed by atoms with E-state index in [9.17, 15) is 4.79 Å². The Bertz CT molecular complexity index is 591. The van der Waals surface area contributed by atoms with Crippen molar-refractivity contribution in [3.05, 3.63) is 35.7 Å². The molecule has 1 aromatic heterocycles. The number of nitrogen functional groups attached to an aromatic ring is 1. The maximum absolute atomic E-state index is 11.3. The first-order chi connectivity index (χ1) is 8.72. The van der Waals surface area contributed by atoms with Crippen LogP contribution in [0.5, 0.6) is 0 Å². The van der Waals surface area contributed by atoms with Gasteiger partial charge in [0.15, 0.2) is 0 Å². The van der Waals surface area contributed by atoms with Crippen molar-refractivity contribution in [3.63, 3.8) is 0 Å². The SMILES string of the molecule is Nc1cc2c(cc1NCc1ccn[nH]1)NC(=O)C2. The fourth-order valence-corrected chi connectivity index (χ4v) is 2.02. The van der Waals surface area contributed by atoms with Gasteiger partial charge in [0.2, 0.25) is 5.91 Å². The highest BCUT2D eigenvalue weighted by molar-refractivity contribution is 6.00. The predicted molar refractivity (Wildman–Crippen MR) is 69.1 cm³/mol. The molecule has 0 fully saturated rings. The smallest absolute Gasteiger partial charge is 0.228 e. The van der Waals surface area contributed by atoms with Crippen LogP contribution >= 0.6 is 0 Å². The average molecular weight is 243 g/mol. The Hall–Kier alpha value is -2.50. The number of nitrogens with one attached hydrogen (secondary N) is 3. The normalized spacial score (nSPS) is 13.2. The molecule has 0 aliphatic carbocycles. The highest BCUT2D eigenvalue weighted by Crippen LogP contribution is 2.31. The monoisotopic (exact) mass is 243 g/mol. The Morgan fingerprint density at radius 2 is 2.33 bits per heavy atom. The summed E-state index contributed by atoms with van der Waals surface area (Å²) in [6.07, 6.45) is 2.10. The number of nitrogens with zero attached hydrogens (tertiary/aromatic N) is 1. The summed E-state index contributed by atoms with van der Waals surface area (Å²) >= 11 is 0. The Morgan fingerprint density at radius 1 is 1.44 bits per heavy atom. The summed E-state index contributed by atoms with van der Waals surface area (Å²) in [7, 11) is 0. The van der Waals surface area contributed by atoms with Gasteiger partial charge in [-0.05, 0) is 23.8 Å². The van der Waals surface area contributed by atoms with Crippen molar-refractivity contribution >= 4 is 23.0 Å². The summed E-state index contributed by atoms with van der Waals surface area (Å²) in [6.45, 7) is 0.608. The van der Waals surface area contributed by atoms with Crippen LogP contribution in [0.3, 0.4) is 0 Å². The average Bonchev–Trinajstić information content (AvgIpc) is 2.94. The van der Waals surface area contributed by atoms with Gasteiger partial charge in [-0.15, -0.1) is 0 Å². The molecule has 18 heavy (non-hydrogen) atoms. The van der Waals surface area contributed by atoms with Crippen LogP contribution in [0.15, 0.2) is 24.4 Å². The Kier molecular flexibility index (Phi) is 2.40. The quantitative estimate of drug-likeness (QED) is 0.607. The lowest BCUT2D eigenvalue weighted by Gasteiger charge is -2.10. The van der Waals surface area contributed by atoms with Crippen LogP contribution in [0.4, 0.5) is 17.1 Å². The number of fused-ring (bicyclic) bond motifs is 1. The number of H-pyrrole nitrogens is 1. The van der Waals surface area contributed by atoms with Crippen LogP contribution in [0.25, 0.3) is 0 Å². The molecule has 3 rings (SSSR count). The third-order valence-electron chi connectivity index (χ3n) is 2.93. The van der Waals surface area contributed by atoms with E-state index >= 15 is 0 Å². The van der Waals surface area contributed by atoms with Gasteiger partial charge in [0.25, 0.3) is 0 Å². The zero-order chi connectivity index (χ0) is 12.5. The van der Waals surface area contributed by atoms with E-state index in [0.29, 0.717) is 18.7 Å². The van der Waals surface area contributed by atoms with Crippen molar-refractivity contribution in [2.24, 2.45) is 0 Å². The number of carbonyl (C=O) groups excluding carboxylic acids is 1. The van der Waals surface area contributed by atoms with Crippen molar-refractivity contribution in [2.75, 3.05) is 16.4 Å². The van der Waals surface area contributed by atoms with E-state index in [-0.39, 0.29) is 5.91 Å². The van der Waals surface area contributed by atoms with E-state index in [4.69, 9.17) is 5.73 Å². The third-order valence-corrected chi connectivity index (χ3v) is 2.93. The standard InChI is InChI=1S/C12H13N5O/c13-9-3-7-4-12(18)16-10(7)5-11(9)14-6-8-1-2-15-17-8/h1-3,5,14H,4,6,13H2,(H,15,17)(H,16,18). The summed E-state index contributed by atoms with van der Waals surface area (Å²) in [5.74, 6) is 0.00937. The lowest BCUT2D eigenvalue weighted by Crippen LogP contribution is -2.04. The molecule has 0 spiro atoms. The zero-order valence-electron chi connectivity index (χ0n) is 9.66. The first kappa shape index (κ1) is 10.6. The molecule has 0 saturated carbocycles. The number of hydrogen-bond acceptors (Lipinski definition) is 4. The van der Waals surface area contributed by atoms with Crippen molar-refractivity contribution < 1.29 is 4.79 Å². The van der Waals surface area contributed by atoms with Gasteiger partial charge in [-0.3, -0.25) is 9.89 Å². The molecule has 5 N–H and O–H groups in total. The number of aromatic amines is 1. The first-order valence-corrected chi connectivity index (χ1v) is 5.67. The van der Waals surface area contributed by atoms with Crippen molar-refractivity contribution in [1.29, 1.82) is 0 Å². The lowest BCUT2D eigenvalue weighted by atomic mass is 10.1. The second kappa shape index (κ2) is 4.06. The number of amides is 1. The molecule has 1 amide bonds. The van der Waals surface area contributed by atoms with Gasteiger partial charge in [-0.1, -0.05) is 0 Å². The molecule has 0 unspecified atom stereocenters. The second-order valence-electron chi connectivity index (χ2n) is 4.26. The zero-order valence-corrected chi connectivity index (χ0v) is 9.66. The summed E-state index contributed by atoms with van der Waals surface area (Å²) in [5, 5.41) is 12.8. The van der Waals surface area contributed by atoms with E-state index in [0.717, 1.165) is 22.6 Å². The molecule has 0 atom stereocenters. The van der Waals surface area contributed by atoms with E-state index in [2.05, 4.69) is 20.8 Å². The van der Waals surface area contributed by atoms with Crippen LogP contribution in [0.2, 0.25) is 0 Å². The van der Waals surface area contributed by atoms with Crippen molar-refractivity contribution in [3.8, 4) is 0 Å². The molecule has 6 nitrogen and oxygen atoms in total. The minimum Gasteiger partial charge on any atom is -0.397 e. The molecule has 6 heteroatoms. The van der Waals surface area contributed by atoms with E-state index in [1.54, 1.807) is 6.20 Å². The van der Waals surface area contributed by atoms with E-state index in [1.165, 1.54) is 0 Å². The number of benzene rings is 1. The predicted octanol–water partition coefficient (Wildman–Crippen LogP) is 1.10. The maximum atomic E-state index is 11.3. The largest absolute Gasteiger partial charge is 0.397 e. The third kappa shape index (κ3) is 1.88. The van der Waals surface area contributed by atoms with Gasteiger partial charge >= 0.3 is 0 Å². The molecule has 0 bridgehead atoms. The van der Waals surface area contributed by atoms with Crippen LogP contribution in [-0.2, 0) is 17.8 Å². The molecule has 92 valence electrons. The van der Waals surface area contributed by atoms with Crippen LogP contribution in [0, 0.1) is 0 Å². The van der Waals surface area contributed by atoms with Gasteiger partial charge in [0.05, 0.1) is 30.0 Å². The number of rotatable bonds is 3. The molecular formula is C12H13N5O. The number of aromatic nitrogens is 2. The molecule has 1 aliphatic rings. The lowest BCUT2D eigenvalue weighted by molar-refractivity contribution is -0.115. The number of carbonyl (C=O) groups is 1. The van der Waals surface area contributed by atoms with Gasteiger partial charge in [0, 0.05) is 11.9 Å². The molecular weight excluding hydrogens is 230 g/mol. The van der Waals surface area contributed by atoms with E-state index in [1.807, 2.05) is 18.2 Å². The molecule has 2 heterocycles. The van der Waals surface area contributed by atoms with Crippen LogP contribution in [0.1, 0.15) is 11.3 Å². The maximum Gasteiger partial charge on any atom is 0.228 e. The Morgan fingerprint density at radius 3 is 3.11 bits per heavy atom. The van der Waals surface area contributed by atoms with Gasteiger partial charge in [-0.2, -0.15) is 5.10 Å². The number of hydrogen-bond donors (Lipinski definition) is 4. The van der Waals surface area contributed by atoms with E-state index < -0.39 is 0 Å². The summed E-state index contributed by atoms with van der Waals surface area (Å²) < 4.78 is 0. The number of nitrogens with two attached hydrogens (primary N) is 1. The fraction of sp³-hybridized carbons (Fsp3) is 0.167. The summed E-state index contributed by atoms with van der Waals surface area (Å²) in [4.78, 5) is 11.3. The highest BCUT2D eigenvalue weighted by Gasteiger charge is 2.19. The van der Waals surface area contributed by atoms with Gasteiger partial charge < -0.3 is 16.4 Å².